The minimum atomic E-state index is -4.75. The largest absolute Gasteiger partial charge is 0.490 e. The summed E-state index contributed by atoms with van der Waals surface area (Å²) in [6, 6.07) is 5.86. The van der Waals surface area contributed by atoms with Crippen LogP contribution < -0.4 is 9.04 Å². The summed E-state index contributed by atoms with van der Waals surface area (Å²) in [5.74, 6) is -0.576. The monoisotopic (exact) mass is 389 g/mol. The molecule has 0 aliphatic carbocycles. The minimum Gasteiger partial charge on any atom is -0.490 e. The smallest absolute Gasteiger partial charge is 0.433 e. The van der Waals surface area contributed by atoms with Crippen molar-refractivity contribution in [2.75, 3.05) is 17.5 Å². The summed E-state index contributed by atoms with van der Waals surface area (Å²) in [6.07, 6.45) is -4.75. The van der Waals surface area contributed by atoms with Gasteiger partial charge in [-0.3, -0.25) is 10.1 Å². The van der Waals surface area contributed by atoms with Crippen LogP contribution in [-0.4, -0.2) is 31.5 Å². The summed E-state index contributed by atoms with van der Waals surface area (Å²) in [4.78, 5) is 13.0. The van der Waals surface area contributed by atoms with Crippen molar-refractivity contribution in [1.29, 1.82) is 0 Å². The first-order chi connectivity index (χ1) is 12.1. The zero-order valence-corrected chi connectivity index (χ0v) is 13.6. The highest BCUT2D eigenvalue weighted by molar-refractivity contribution is 7.93. The Labute approximate surface area is 145 Å². The predicted octanol–water partition coefficient (Wildman–Crippen LogP) is 2.60. The lowest BCUT2D eigenvalue weighted by Gasteiger charge is -2.21. The highest BCUT2D eigenvalue weighted by Crippen LogP contribution is 2.35. The lowest BCUT2D eigenvalue weighted by molar-refractivity contribution is -0.385. The van der Waals surface area contributed by atoms with Crippen LogP contribution in [0.3, 0.4) is 0 Å². The second-order valence-corrected chi connectivity index (χ2v) is 7.02. The Morgan fingerprint density at radius 3 is 2.62 bits per heavy atom. The van der Waals surface area contributed by atoms with Gasteiger partial charge in [-0.15, -0.1) is 0 Å². The summed E-state index contributed by atoms with van der Waals surface area (Å²) in [7, 11) is -4.42. The van der Waals surface area contributed by atoms with Crippen molar-refractivity contribution in [2.24, 2.45) is 0 Å². The van der Waals surface area contributed by atoms with Gasteiger partial charge in [-0.05, 0) is 18.2 Å². The van der Waals surface area contributed by atoms with Gasteiger partial charge in [0, 0.05) is 12.1 Å². The second-order valence-electron chi connectivity index (χ2n) is 5.19. The maximum Gasteiger partial charge on any atom is 0.433 e. The van der Waals surface area contributed by atoms with Crippen LogP contribution in [0.15, 0.2) is 41.3 Å². The van der Waals surface area contributed by atoms with Crippen LogP contribution in [0, 0.1) is 10.1 Å². The van der Waals surface area contributed by atoms with Crippen LogP contribution in [0.5, 0.6) is 5.75 Å². The van der Waals surface area contributed by atoms with Gasteiger partial charge in [-0.2, -0.15) is 13.2 Å². The molecule has 12 heteroatoms. The van der Waals surface area contributed by atoms with Gasteiger partial charge in [0.05, 0.1) is 11.5 Å². The van der Waals surface area contributed by atoms with E-state index in [0.717, 1.165) is 30.3 Å². The first-order valence-corrected chi connectivity index (χ1v) is 8.53. The molecule has 1 aromatic heterocycles. The fourth-order valence-corrected chi connectivity index (χ4v) is 3.92. The van der Waals surface area contributed by atoms with Gasteiger partial charge in [0.15, 0.2) is 0 Å². The molecule has 1 aliphatic heterocycles. The fraction of sp³-hybridized carbons (Fsp3) is 0.214. The van der Waals surface area contributed by atoms with Crippen molar-refractivity contribution in [3.8, 4) is 5.75 Å². The van der Waals surface area contributed by atoms with Crippen LogP contribution >= 0.6 is 0 Å². The maximum absolute atomic E-state index is 12.9. The van der Waals surface area contributed by atoms with E-state index in [1.807, 2.05) is 0 Å². The molecule has 8 nitrogen and oxygen atoms in total. The maximum atomic E-state index is 12.9. The zero-order valence-electron chi connectivity index (χ0n) is 12.8. The van der Waals surface area contributed by atoms with Crippen LogP contribution in [-0.2, 0) is 16.2 Å². The number of nitro benzene ring substituents is 1. The van der Waals surface area contributed by atoms with Crippen molar-refractivity contribution < 1.29 is 31.2 Å². The van der Waals surface area contributed by atoms with E-state index < -0.39 is 43.2 Å². The number of nitrogens with zero attached hydrogens (tertiary/aromatic N) is 3. The Balaban J connectivity index is 2.13. The molecular weight excluding hydrogens is 379 g/mol. The summed E-state index contributed by atoms with van der Waals surface area (Å²) >= 11 is 0. The van der Waals surface area contributed by atoms with E-state index in [0.29, 0.717) is 10.4 Å². The van der Waals surface area contributed by atoms with Crippen molar-refractivity contribution >= 4 is 21.5 Å². The van der Waals surface area contributed by atoms with E-state index in [-0.39, 0.29) is 18.9 Å². The number of benzene rings is 1. The number of sulfonamides is 1. The first-order valence-electron chi connectivity index (χ1n) is 7.09. The molecule has 0 atom stereocenters. The third kappa shape index (κ3) is 3.14. The molecule has 0 spiro atoms. The quantitative estimate of drug-likeness (QED) is 0.578. The number of hydrogen-bond donors (Lipinski definition) is 0. The zero-order chi connectivity index (χ0) is 19.1. The Kier molecular flexibility index (Phi) is 4.22. The highest BCUT2D eigenvalue weighted by Gasteiger charge is 2.36. The molecule has 0 amide bonds. The standard InChI is InChI=1S/C14H10F3N3O5S/c15-14(16,17)12-2-1-3-13(18-12)19-6-7-25-10-5-4-9(20(21)22)8-11(10)26(19,23)24/h1-5,8H,6-7H2. The van der Waals surface area contributed by atoms with Gasteiger partial charge in [0.25, 0.3) is 15.7 Å². The molecule has 1 aliphatic rings. The number of fused-ring (bicyclic) bond motifs is 1. The van der Waals surface area contributed by atoms with Crippen molar-refractivity contribution in [3.05, 3.63) is 52.2 Å². The fourth-order valence-electron chi connectivity index (χ4n) is 2.37. The normalized spacial score (nSPS) is 16.3. The van der Waals surface area contributed by atoms with Crippen molar-refractivity contribution in [1.82, 2.24) is 4.98 Å². The number of halogens is 3. The molecule has 1 aromatic carbocycles. The minimum absolute atomic E-state index is 0.120. The Hall–Kier alpha value is -2.89. The number of rotatable bonds is 2. The van der Waals surface area contributed by atoms with Gasteiger partial charge in [0.1, 0.15) is 28.8 Å². The highest BCUT2D eigenvalue weighted by atomic mass is 32.2. The molecule has 2 aromatic rings. The van der Waals surface area contributed by atoms with Crippen LogP contribution in [0.4, 0.5) is 24.7 Å². The average Bonchev–Trinajstić information content (AvgIpc) is 2.70. The second kappa shape index (κ2) is 6.12. The molecule has 3 rings (SSSR count). The van der Waals surface area contributed by atoms with Gasteiger partial charge >= 0.3 is 6.18 Å². The molecule has 26 heavy (non-hydrogen) atoms. The summed E-state index contributed by atoms with van der Waals surface area (Å²) < 4.78 is 70.2. The summed E-state index contributed by atoms with van der Waals surface area (Å²) in [6.45, 7) is -0.471. The third-order valence-electron chi connectivity index (χ3n) is 3.54. The molecule has 0 saturated heterocycles. The molecule has 0 saturated carbocycles. The topological polar surface area (TPSA) is 103 Å². The van der Waals surface area contributed by atoms with Crippen LogP contribution in [0.1, 0.15) is 5.69 Å². The lowest BCUT2D eigenvalue weighted by Crippen LogP contribution is -2.33. The number of anilines is 1. The van der Waals surface area contributed by atoms with Gasteiger partial charge in [0.2, 0.25) is 0 Å². The van der Waals surface area contributed by atoms with E-state index in [4.69, 9.17) is 4.74 Å². The number of ether oxygens (including phenoxy) is 1. The lowest BCUT2D eigenvalue weighted by atomic mass is 10.3. The van der Waals surface area contributed by atoms with Crippen LogP contribution in [0.2, 0.25) is 0 Å². The Morgan fingerprint density at radius 1 is 1.23 bits per heavy atom. The van der Waals surface area contributed by atoms with Gasteiger partial charge in [-0.1, -0.05) is 6.07 Å². The molecule has 0 fully saturated rings. The van der Waals surface area contributed by atoms with E-state index in [1.165, 1.54) is 0 Å². The number of hydrogen-bond acceptors (Lipinski definition) is 6. The van der Waals surface area contributed by atoms with Crippen molar-refractivity contribution in [3.63, 3.8) is 0 Å². The third-order valence-corrected chi connectivity index (χ3v) is 5.36. The van der Waals surface area contributed by atoms with Gasteiger partial charge in [-0.25, -0.2) is 17.7 Å². The molecule has 0 radical (unpaired) electrons. The van der Waals surface area contributed by atoms with Crippen LogP contribution in [0.25, 0.3) is 0 Å². The Bertz CT molecular complexity index is 978. The van der Waals surface area contributed by atoms with E-state index in [2.05, 4.69) is 4.98 Å². The average molecular weight is 389 g/mol. The predicted molar refractivity (Wildman–Crippen MR) is 82.4 cm³/mol. The van der Waals surface area contributed by atoms with Gasteiger partial charge < -0.3 is 4.74 Å². The number of aromatic nitrogens is 1. The molecule has 2 heterocycles. The SMILES string of the molecule is O=[N+]([O-])c1ccc2c(c1)S(=O)(=O)N(c1cccc(C(F)(F)F)n1)CCO2. The molecule has 0 bridgehead atoms. The number of nitro groups is 1. The van der Waals surface area contributed by atoms with E-state index in [1.54, 1.807) is 0 Å². The molecule has 0 N–H and O–H groups in total. The Morgan fingerprint density at radius 2 is 1.96 bits per heavy atom. The van der Waals surface area contributed by atoms with E-state index >= 15 is 0 Å². The molecule has 0 unspecified atom stereocenters. The molecular formula is C14H10F3N3O5S. The number of alkyl halides is 3. The number of pyridine rings is 1. The summed E-state index contributed by atoms with van der Waals surface area (Å²) in [5, 5.41) is 10.9. The van der Waals surface area contributed by atoms with E-state index in [9.17, 15) is 31.7 Å². The van der Waals surface area contributed by atoms with Crippen molar-refractivity contribution in [2.45, 2.75) is 11.1 Å². The number of non-ortho nitro benzene ring substituents is 1. The summed E-state index contributed by atoms with van der Waals surface area (Å²) in [5.41, 5.74) is -1.75. The first kappa shape index (κ1) is 17.9. The molecule has 138 valence electrons.